The summed E-state index contributed by atoms with van der Waals surface area (Å²) < 4.78 is 0. The number of aliphatic hydroxyl groups is 2. The topological polar surface area (TPSA) is 110 Å². The van der Waals surface area contributed by atoms with E-state index in [0.717, 1.165) is 18.4 Å². The number of aliphatic hydroxyl groups excluding tert-OH is 2. The normalized spacial score (nSPS) is 34.4. The molecule has 7 nitrogen and oxygen atoms in total. The lowest BCUT2D eigenvalue weighted by atomic mass is 9.82. The Hall–Kier alpha value is -1.70. The summed E-state index contributed by atoms with van der Waals surface area (Å²) in [5, 5.41) is 31.8. The summed E-state index contributed by atoms with van der Waals surface area (Å²) in [4.78, 5) is 25.2. The number of nitrogens with zero attached hydrogens (tertiary/aromatic N) is 1. The number of fused-ring (bicyclic) bond motifs is 1. The fourth-order valence-corrected chi connectivity index (χ4v) is 4.15. The number of carbonyl (C=O) groups excluding carboxylic acids is 1. The smallest absolute Gasteiger partial charge is 0.352 e. The third-order valence-corrected chi connectivity index (χ3v) is 5.35. The molecule has 2 saturated heterocycles. The number of carboxylic acid groups (broad SMARTS) is 1. The molecule has 0 saturated carbocycles. The van der Waals surface area contributed by atoms with Crippen LogP contribution in [0.3, 0.4) is 0 Å². The Morgan fingerprint density at radius 3 is 2.71 bits per heavy atom. The van der Waals surface area contributed by atoms with Crippen LogP contribution in [0.5, 0.6) is 0 Å². The van der Waals surface area contributed by atoms with Gasteiger partial charge in [-0.25, -0.2) is 4.79 Å². The highest BCUT2D eigenvalue weighted by atomic mass is 16.4. The van der Waals surface area contributed by atoms with Crippen LogP contribution in [0.15, 0.2) is 22.9 Å². The molecule has 0 spiro atoms. The van der Waals surface area contributed by atoms with Crippen molar-refractivity contribution in [1.29, 1.82) is 0 Å². The van der Waals surface area contributed by atoms with Gasteiger partial charge in [0.05, 0.1) is 24.7 Å². The van der Waals surface area contributed by atoms with Crippen LogP contribution < -0.4 is 5.32 Å². The second kappa shape index (κ2) is 6.31. The summed E-state index contributed by atoms with van der Waals surface area (Å²) in [6, 6.07) is -0.0819. The molecule has 3 heterocycles. The quantitative estimate of drug-likeness (QED) is 0.526. The zero-order valence-corrected chi connectivity index (χ0v) is 13.9. The Balaban J connectivity index is 1.84. The molecule has 0 aliphatic carbocycles. The number of amides is 1. The van der Waals surface area contributed by atoms with Gasteiger partial charge in [0.15, 0.2) is 0 Å². The Morgan fingerprint density at radius 1 is 1.46 bits per heavy atom. The van der Waals surface area contributed by atoms with E-state index in [1.165, 1.54) is 4.90 Å². The average Bonchev–Trinajstić information content (AvgIpc) is 3.08. The van der Waals surface area contributed by atoms with E-state index in [0.29, 0.717) is 12.0 Å². The number of carboxylic acids is 1. The molecule has 0 aromatic rings. The summed E-state index contributed by atoms with van der Waals surface area (Å²) in [5.41, 5.74) is 1.56. The molecule has 2 unspecified atom stereocenters. The highest BCUT2D eigenvalue weighted by Gasteiger charge is 2.56. The minimum absolute atomic E-state index is 0.0485. The molecule has 7 heteroatoms. The standard InChI is InChI=1S/C17H24N2O5/c1-8(5-10-3-4-11(7-20)18-10)12-6-13-14(9(2)21)16(22)19(13)15(12)17(23)24/h5,9-11,13-14,18,20-21H,3-4,6-7H2,1-2H3,(H,23,24)/t9-,10?,11?,13-,14-/m1/s1. The van der Waals surface area contributed by atoms with E-state index in [1.54, 1.807) is 6.92 Å². The number of carbonyl (C=O) groups is 2. The van der Waals surface area contributed by atoms with Crippen LogP contribution in [0.25, 0.3) is 0 Å². The van der Waals surface area contributed by atoms with Gasteiger partial charge >= 0.3 is 5.97 Å². The fourth-order valence-electron chi connectivity index (χ4n) is 4.15. The molecule has 5 atom stereocenters. The number of hydrogen-bond donors (Lipinski definition) is 4. The van der Waals surface area contributed by atoms with Gasteiger partial charge in [0.1, 0.15) is 5.70 Å². The molecule has 0 bridgehead atoms. The van der Waals surface area contributed by atoms with Crippen LogP contribution in [-0.2, 0) is 9.59 Å². The predicted molar refractivity (Wildman–Crippen MR) is 85.9 cm³/mol. The van der Waals surface area contributed by atoms with Crippen molar-refractivity contribution in [3.05, 3.63) is 22.9 Å². The van der Waals surface area contributed by atoms with E-state index < -0.39 is 18.0 Å². The number of aliphatic carboxylic acids is 1. The zero-order chi connectivity index (χ0) is 17.6. The van der Waals surface area contributed by atoms with Crippen molar-refractivity contribution in [2.75, 3.05) is 6.61 Å². The van der Waals surface area contributed by atoms with Gasteiger partial charge in [-0.15, -0.1) is 0 Å². The monoisotopic (exact) mass is 336 g/mol. The van der Waals surface area contributed by atoms with E-state index in [4.69, 9.17) is 0 Å². The van der Waals surface area contributed by atoms with E-state index in [1.807, 2.05) is 13.0 Å². The fraction of sp³-hybridized carbons (Fsp3) is 0.647. The van der Waals surface area contributed by atoms with Crippen molar-refractivity contribution in [2.24, 2.45) is 5.92 Å². The van der Waals surface area contributed by atoms with Gasteiger partial charge in [0, 0.05) is 12.1 Å². The van der Waals surface area contributed by atoms with Crippen molar-refractivity contribution < 1.29 is 24.9 Å². The Kier molecular flexibility index (Phi) is 4.50. The highest BCUT2D eigenvalue weighted by molar-refractivity contribution is 6.00. The van der Waals surface area contributed by atoms with Crippen LogP contribution in [0.2, 0.25) is 0 Å². The maximum absolute atomic E-state index is 12.2. The van der Waals surface area contributed by atoms with Gasteiger partial charge in [0.25, 0.3) is 0 Å². The molecular formula is C17H24N2O5. The van der Waals surface area contributed by atoms with Crippen LogP contribution in [-0.4, -0.2) is 62.9 Å². The van der Waals surface area contributed by atoms with Crippen molar-refractivity contribution >= 4 is 11.9 Å². The minimum Gasteiger partial charge on any atom is -0.477 e. The molecule has 0 aromatic carbocycles. The number of allylic oxidation sites excluding steroid dienone is 1. The predicted octanol–water partition coefficient (Wildman–Crippen LogP) is -0.00420. The van der Waals surface area contributed by atoms with Gasteiger partial charge in [0.2, 0.25) is 5.91 Å². The first-order valence-electron chi connectivity index (χ1n) is 8.38. The van der Waals surface area contributed by atoms with Crippen molar-refractivity contribution in [3.63, 3.8) is 0 Å². The third kappa shape index (κ3) is 2.66. The second-order valence-electron chi connectivity index (χ2n) is 6.96. The average molecular weight is 336 g/mol. The molecule has 1 amide bonds. The Labute approximate surface area is 140 Å². The molecule has 3 aliphatic heterocycles. The van der Waals surface area contributed by atoms with Crippen molar-refractivity contribution in [2.45, 2.75) is 57.3 Å². The second-order valence-corrected chi connectivity index (χ2v) is 6.96. The van der Waals surface area contributed by atoms with Crippen molar-refractivity contribution in [1.82, 2.24) is 10.2 Å². The van der Waals surface area contributed by atoms with E-state index in [-0.39, 0.29) is 36.3 Å². The van der Waals surface area contributed by atoms with Crippen LogP contribution in [0.1, 0.15) is 33.1 Å². The number of β-lactam (4-membered cyclic amide) rings is 1. The lowest BCUT2D eigenvalue weighted by molar-refractivity contribution is -0.161. The van der Waals surface area contributed by atoms with Gasteiger partial charge < -0.3 is 25.5 Å². The first-order valence-corrected chi connectivity index (χ1v) is 8.38. The summed E-state index contributed by atoms with van der Waals surface area (Å²) in [7, 11) is 0. The molecular weight excluding hydrogens is 312 g/mol. The number of hydrogen-bond acceptors (Lipinski definition) is 5. The van der Waals surface area contributed by atoms with Gasteiger partial charge in [-0.3, -0.25) is 4.79 Å². The first kappa shape index (κ1) is 17.1. The van der Waals surface area contributed by atoms with E-state index in [9.17, 15) is 24.9 Å². The van der Waals surface area contributed by atoms with Crippen LogP contribution in [0, 0.1) is 5.92 Å². The molecule has 4 N–H and O–H groups in total. The SMILES string of the molecule is CC(=CC1CCC(CO)N1)C1=C(C(=O)O)N2C(=O)[C@H]([C@@H](C)O)[C@H]2C1. The molecule has 3 rings (SSSR count). The molecule has 0 aromatic heterocycles. The number of rotatable bonds is 5. The van der Waals surface area contributed by atoms with E-state index >= 15 is 0 Å². The molecule has 24 heavy (non-hydrogen) atoms. The third-order valence-electron chi connectivity index (χ3n) is 5.35. The summed E-state index contributed by atoms with van der Waals surface area (Å²) in [5.74, 6) is -1.94. The Morgan fingerprint density at radius 2 is 2.17 bits per heavy atom. The highest BCUT2D eigenvalue weighted by Crippen LogP contribution is 2.45. The molecule has 3 aliphatic rings. The van der Waals surface area contributed by atoms with Gasteiger partial charge in [-0.2, -0.15) is 0 Å². The first-order chi connectivity index (χ1) is 11.3. The lowest BCUT2D eigenvalue weighted by Crippen LogP contribution is -2.61. The van der Waals surface area contributed by atoms with Crippen LogP contribution in [0.4, 0.5) is 0 Å². The van der Waals surface area contributed by atoms with Crippen LogP contribution >= 0.6 is 0 Å². The van der Waals surface area contributed by atoms with Gasteiger partial charge in [-0.1, -0.05) is 6.08 Å². The minimum atomic E-state index is -1.11. The zero-order valence-electron chi connectivity index (χ0n) is 13.9. The summed E-state index contributed by atoms with van der Waals surface area (Å²) in [6.45, 7) is 3.52. The Bertz CT molecular complexity index is 624. The molecule has 0 radical (unpaired) electrons. The largest absolute Gasteiger partial charge is 0.477 e. The lowest BCUT2D eigenvalue weighted by Gasteiger charge is -2.44. The number of nitrogens with one attached hydrogen (secondary N) is 1. The summed E-state index contributed by atoms with van der Waals surface area (Å²) in [6.07, 6.45) is 3.44. The van der Waals surface area contributed by atoms with Crippen molar-refractivity contribution in [3.8, 4) is 0 Å². The maximum atomic E-state index is 12.2. The molecule has 132 valence electrons. The molecule has 2 fully saturated rings. The summed E-state index contributed by atoms with van der Waals surface area (Å²) >= 11 is 0. The van der Waals surface area contributed by atoms with E-state index in [2.05, 4.69) is 5.32 Å². The van der Waals surface area contributed by atoms with Gasteiger partial charge in [-0.05, 0) is 44.3 Å². The maximum Gasteiger partial charge on any atom is 0.352 e.